The van der Waals surface area contributed by atoms with Crippen molar-refractivity contribution in [2.45, 2.75) is 70.6 Å². The monoisotopic (exact) mass is 586 g/mol. The summed E-state index contributed by atoms with van der Waals surface area (Å²) in [6.45, 7) is 5.68. The number of hydrogen-bond donors (Lipinski definition) is 5. The molecule has 0 radical (unpaired) electrons. The minimum Gasteiger partial charge on any atom is -0.360 e. The normalized spacial score (nSPS) is 21.1. The SMILES string of the molecule is CC(C)NC(=O)/C=C/CC[C@H](NC(=O)c1c[nH]c2ccccc12)C(=O)Nc1cccn(CC(=O)NC23CC(C2)[C@@H]3C)c1=O. The van der Waals surface area contributed by atoms with Crippen LogP contribution in [0.15, 0.2) is 65.7 Å². The molecule has 2 heterocycles. The highest BCUT2D eigenvalue weighted by Gasteiger charge is 2.63. The van der Waals surface area contributed by atoms with Gasteiger partial charge in [0.2, 0.25) is 17.7 Å². The van der Waals surface area contributed by atoms with E-state index >= 15 is 0 Å². The van der Waals surface area contributed by atoms with Crippen molar-refractivity contribution in [3.05, 3.63) is 76.9 Å². The highest BCUT2D eigenvalue weighted by atomic mass is 16.2. The lowest BCUT2D eigenvalue weighted by Gasteiger charge is -2.67. The van der Waals surface area contributed by atoms with Gasteiger partial charge in [0.15, 0.2) is 0 Å². The summed E-state index contributed by atoms with van der Waals surface area (Å²) in [4.78, 5) is 67.6. The van der Waals surface area contributed by atoms with Crippen molar-refractivity contribution in [1.82, 2.24) is 25.5 Å². The van der Waals surface area contributed by atoms with Crippen molar-refractivity contribution in [3.8, 4) is 0 Å². The Bertz CT molecular complexity index is 1630. The lowest BCUT2D eigenvalue weighted by atomic mass is 9.43. The average molecular weight is 587 g/mol. The molecule has 0 spiro atoms. The van der Waals surface area contributed by atoms with Gasteiger partial charge in [0, 0.05) is 34.9 Å². The number of para-hydroxylation sites is 1. The number of aromatic amines is 1. The average Bonchev–Trinajstić information content (AvgIpc) is 3.38. The molecule has 4 amide bonds. The predicted octanol–water partition coefficient (Wildman–Crippen LogP) is 2.84. The maximum atomic E-state index is 13.5. The summed E-state index contributed by atoms with van der Waals surface area (Å²) in [7, 11) is 0. The molecule has 3 aliphatic carbocycles. The molecule has 1 aromatic carbocycles. The van der Waals surface area contributed by atoms with Crippen molar-refractivity contribution < 1.29 is 19.2 Å². The number of benzene rings is 1. The van der Waals surface area contributed by atoms with Gasteiger partial charge in [-0.2, -0.15) is 0 Å². The zero-order chi connectivity index (χ0) is 30.7. The molecule has 11 heteroatoms. The van der Waals surface area contributed by atoms with Gasteiger partial charge < -0.3 is 30.8 Å². The number of anilines is 1. The van der Waals surface area contributed by atoms with Gasteiger partial charge in [-0.25, -0.2) is 0 Å². The van der Waals surface area contributed by atoms with E-state index < -0.39 is 23.4 Å². The molecule has 226 valence electrons. The van der Waals surface area contributed by atoms with Crippen molar-refractivity contribution in [1.29, 1.82) is 0 Å². The zero-order valence-electron chi connectivity index (χ0n) is 24.6. The summed E-state index contributed by atoms with van der Waals surface area (Å²) in [5.74, 6) is -0.406. The molecule has 0 saturated heterocycles. The van der Waals surface area contributed by atoms with E-state index in [1.807, 2.05) is 38.1 Å². The Balaban J connectivity index is 1.28. The van der Waals surface area contributed by atoms with E-state index in [0.29, 0.717) is 29.2 Å². The van der Waals surface area contributed by atoms with Crippen LogP contribution in [0.3, 0.4) is 0 Å². The predicted molar refractivity (Wildman–Crippen MR) is 163 cm³/mol. The Morgan fingerprint density at radius 3 is 2.56 bits per heavy atom. The summed E-state index contributed by atoms with van der Waals surface area (Å²) in [5.41, 5.74) is 0.495. The van der Waals surface area contributed by atoms with Gasteiger partial charge in [0.05, 0.1) is 5.56 Å². The first-order valence-electron chi connectivity index (χ1n) is 14.7. The van der Waals surface area contributed by atoms with Crippen LogP contribution in [-0.4, -0.2) is 50.8 Å². The van der Waals surface area contributed by atoms with E-state index in [9.17, 15) is 24.0 Å². The molecular weight excluding hydrogens is 548 g/mol. The van der Waals surface area contributed by atoms with Crippen molar-refractivity contribution in [3.63, 3.8) is 0 Å². The van der Waals surface area contributed by atoms with E-state index in [2.05, 4.69) is 33.2 Å². The molecule has 0 aliphatic heterocycles. The number of amides is 4. The topological polar surface area (TPSA) is 154 Å². The van der Waals surface area contributed by atoms with Gasteiger partial charge in [-0.05, 0) is 75.6 Å². The maximum absolute atomic E-state index is 13.5. The van der Waals surface area contributed by atoms with Crippen LogP contribution in [-0.2, 0) is 20.9 Å². The minimum atomic E-state index is -1.01. The number of allylic oxidation sites excluding steroid dienone is 1. The third-order valence-electron chi connectivity index (χ3n) is 8.59. The fourth-order valence-electron chi connectivity index (χ4n) is 5.95. The number of aromatic nitrogens is 2. The van der Waals surface area contributed by atoms with Gasteiger partial charge in [-0.1, -0.05) is 31.2 Å². The number of rotatable bonds is 12. The number of fused-ring (bicyclic) bond motifs is 1. The molecule has 2 atom stereocenters. The Kier molecular flexibility index (Phi) is 8.52. The fourth-order valence-corrected chi connectivity index (χ4v) is 5.95. The van der Waals surface area contributed by atoms with Crippen LogP contribution in [0.25, 0.3) is 10.9 Å². The smallest absolute Gasteiger partial charge is 0.274 e. The van der Waals surface area contributed by atoms with Crippen molar-refractivity contribution in [2.24, 2.45) is 11.8 Å². The summed E-state index contributed by atoms with van der Waals surface area (Å²) in [6, 6.07) is 9.35. The molecule has 2 aromatic heterocycles. The summed E-state index contributed by atoms with van der Waals surface area (Å²) < 4.78 is 1.26. The number of pyridine rings is 1. The van der Waals surface area contributed by atoms with E-state index in [4.69, 9.17) is 0 Å². The molecule has 3 fully saturated rings. The Labute approximate surface area is 249 Å². The van der Waals surface area contributed by atoms with Crippen LogP contribution in [0.4, 0.5) is 5.69 Å². The number of carbonyl (C=O) groups is 4. The summed E-state index contributed by atoms with van der Waals surface area (Å²) in [6.07, 6.45) is 8.57. The third-order valence-corrected chi connectivity index (χ3v) is 8.59. The number of nitrogens with zero attached hydrogens (tertiary/aromatic N) is 1. The second kappa shape index (κ2) is 12.3. The molecule has 5 N–H and O–H groups in total. The van der Waals surface area contributed by atoms with Gasteiger partial charge in [-0.3, -0.25) is 24.0 Å². The standard InChI is InChI=1S/C32H38N6O5/c1-19(2)34-27(39)13-7-6-11-25(35-29(41)23-17-33-24-10-5-4-9-22(23)24)30(42)36-26-12-8-14-38(31(26)43)18-28(40)37-32-15-21(16-32)20(32)3/h4-5,7-10,12-14,17,19-21,25,33H,6,11,15-16,18H2,1-3H3,(H,34,39)(H,35,41)(H,36,42)(H,37,40)/b13-7+/t20-,21?,25-,32?/m0/s1. The fraction of sp³-hybridized carbons (Fsp3) is 0.406. The first kappa shape index (κ1) is 29.8. The van der Waals surface area contributed by atoms with Crippen LogP contribution in [0.2, 0.25) is 0 Å². The largest absolute Gasteiger partial charge is 0.360 e. The maximum Gasteiger partial charge on any atom is 0.274 e. The minimum absolute atomic E-state index is 0.00243. The molecule has 2 bridgehead atoms. The molecular formula is C32H38N6O5. The van der Waals surface area contributed by atoms with Crippen LogP contribution in [0.5, 0.6) is 0 Å². The Morgan fingerprint density at radius 1 is 1.09 bits per heavy atom. The molecule has 3 aliphatic rings. The molecule has 43 heavy (non-hydrogen) atoms. The van der Waals surface area contributed by atoms with Gasteiger partial charge in [0.1, 0.15) is 18.3 Å². The molecule has 3 saturated carbocycles. The lowest BCUT2D eigenvalue weighted by Crippen LogP contribution is -2.74. The van der Waals surface area contributed by atoms with Crippen molar-refractivity contribution >= 4 is 40.2 Å². The van der Waals surface area contributed by atoms with E-state index in [-0.39, 0.29) is 42.0 Å². The number of hydrogen-bond acceptors (Lipinski definition) is 5. The van der Waals surface area contributed by atoms with E-state index in [1.165, 1.54) is 22.9 Å². The zero-order valence-corrected chi connectivity index (χ0v) is 24.6. The molecule has 3 aromatic rings. The van der Waals surface area contributed by atoms with Gasteiger partial charge in [-0.15, -0.1) is 0 Å². The lowest BCUT2D eigenvalue weighted by molar-refractivity contribution is -0.151. The van der Waals surface area contributed by atoms with Crippen LogP contribution in [0.1, 0.15) is 56.8 Å². The molecule has 11 nitrogen and oxygen atoms in total. The molecule has 0 unspecified atom stereocenters. The first-order chi connectivity index (χ1) is 20.6. The number of H-pyrrole nitrogens is 1. The van der Waals surface area contributed by atoms with Crippen molar-refractivity contribution in [2.75, 3.05) is 5.32 Å². The van der Waals surface area contributed by atoms with Gasteiger partial charge in [0.25, 0.3) is 11.5 Å². The number of nitrogens with one attached hydrogen (secondary N) is 5. The summed E-state index contributed by atoms with van der Waals surface area (Å²) in [5, 5.41) is 12.0. The highest BCUT2D eigenvalue weighted by molar-refractivity contribution is 6.08. The van der Waals surface area contributed by atoms with Crippen LogP contribution in [0, 0.1) is 11.8 Å². The Hall–Kier alpha value is -4.67. The van der Waals surface area contributed by atoms with E-state index in [1.54, 1.807) is 18.3 Å². The second-order valence-corrected chi connectivity index (χ2v) is 11.9. The van der Waals surface area contributed by atoms with Crippen LogP contribution < -0.4 is 26.8 Å². The quantitative estimate of drug-likeness (QED) is 0.207. The molecule has 6 rings (SSSR count). The van der Waals surface area contributed by atoms with Crippen LogP contribution >= 0.6 is 0 Å². The highest BCUT2D eigenvalue weighted by Crippen LogP contribution is 2.61. The Morgan fingerprint density at radius 2 is 1.86 bits per heavy atom. The third kappa shape index (κ3) is 6.40. The number of carbonyl (C=O) groups excluding carboxylic acids is 4. The van der Waals surface area contributed by atoms with Gasteiger partial charge >= 0.3 is 0 Å². The van der Waals surface area contributed by atoms with E-state index in [0.717, 1.165) is 18.4 Å². The second-order valence-electron chi connectivity index (χ2n) is 11.9. The first-order valence-corrected chi connectivity index (χ1v) is 14.7. The summed E-state index contributed by atoms with van der Waals surface area (Å²) >= 11 is 0.